The molecule has 7 N–H and O–H groups in total. The average Bonchev–Trinajstić information content (AvgIpc) is 3.61. The predicted octanol–water partition coefficient (Wildman–Crippen LogP) is -2.93. The fourth-order valence-corrected chi connectivity index (χ4v) is 6.56. The number of aromatic nitrogens is 5. The molecule has 2 aliphatic heterocycles. The van der Waals surface area contributed by atoms with Crippen LogP contribution in [0.1, 0.15) is 22.8 Å². The zero-order valence-electron chi connectivity index (χ0n) is 21.7. The summed E-state index contributed by atoms with van der Waals surface area (Å²) < 4.78 is 51.6. The van der Waals surface area contributed by atoms with E-state index >= 15 is 0 Å². The molecule has 5 heterocycles. The van der Waals surface area contributed by atoms with Crippen molar-refractivity contribution in [2.75, 3.05) is 18.9 Å². The summed E-state index contributed by atoms with van der Waals surface area (Å²) in [5, 5.41) is 41.5. The minimum Gasteiger partial charge on any atom is -0.756 e. The number of aliphatic hydroxyl groups is 4. The standard InChI is InChI=1S/C21H26N6O14P2/c22-18-13-19(24-8-23-18)27(9-25-13)21-17(32)15(30)12(40-21)7-38-43(35,36)41-42(33,34)37-6-11-14(29)16(31)20(39-11)26-3-1-2-10(4-26)5-28/h1-5,8-9,11-12,14-17,20-21,29-32H,6-7H2,(H3-,22,23,24,33,34,35,36). The van der Waals surface area contributed by atoms with Gasteiger partial charge in [0.2, 0.25) is 0 Å². The number of nitrogen functional groups attached to an aromatic ring is 1. The Balaban J connectivity index is 1.16. The van der Waals surface area contributed by atoms with Gasteiger partial charge in [-0.15, -0.1) is 0 Å². The van der Waals surface area contributed by atoms with Gasteiger partial charge in [0, 0.05) is 6.07 Å². The summed E-state index contributed by atoms with van der Waals surface area (Å²) in [6, 6.07) is 2.96. The largest absolute Gasteiger partial charge is 0.756 e. The number of hydrogen-bond acceptors (Lipinski definition) is 17. The SMILES string of the molecule is Nc1ncnc2c1ncn2C1OC(COP(=O)(O)OP(=O)([O-])OCC2OC([n+]3cccc(C=O)c3)C(O)C2O)C(O)C1O. The highest BCUT2D eigenvalue weighted by molar-refractivity contribution is 7.60. The lowest BCUT2D eigenvalue weighted by molar-refractivity contribution is -0.765. The molecule has 2 aliphatic rings. The van der Waals surface area contributed by atoms with Crippen LogP contribution in [0.5, 0.6) is 0 Å². The van der Waals surface area contributed by atoms with E-state index < -0.39 is 77.9 Å². The van der Waals surface area contributed by atoms with Gasteiger partial charge in [-0.3, -0.25) is 18.5 Å². The topological polar surface area (TPSA) is 295 Å². The number of hydrogen-bond donors (Lipinski definition) is 6. The molecule has 0 spiro atoms. The minimum absolute atomic E-state index is 0.0487. The summed E-state index contributed by atoms with van der Waals surface area (Å²) in [6.45, 7) is -1.85. The fraction of sp³-hybridized carbons (Fsp3) is 0.476. The Labute approximate surface area is 241 Å². The van der Waals surface area contributed by atoms with E-state index in [2.05, 4.69) is 28.3 Å². The Morgan fingerprint density at radius 2 is 1.74 bits per heavy atom. The predicted molar refractivity (Wildman–Crippen MR) is 134 cm³/mol. The second-order valence-electron chi connectivity index (χ2n) is 9.47. The van der Waals surface area contributed by atoms with E-state index in [1.165, 1.54) is 40.0 Å². The van der Waals surface area contributed by atoms with E-state index in [-0.39, 0.29) is 22.5 Å². The van der Waals surface area contributed by atoms with Gasteiger partial charge in [-0.1, -0.05) is 0 Å². The van der Waals surface area contributed by atoms with Crippen LogP contribution in [-0.2, 0) is 32.0 Å². The molecule has 2 fully saturated rings. The van der Waals surface area contributed by atoms with Crippen LogP contribution in [0.4, 0.5) is 5.82 Å². The quantitative estimate of drug-likeness (QED) is 0.0688. The van der Waals surface area contributed by atoms with Crippen LogP contribution in [0.2, 0.25) is 0 Å². The highest BCUT2D eigenvalue weighted by atomic mass is 31.3. The van der Waals surface area contributed by atoms with Gasteiger partial charge in [0.1, 0.15) is 42.4 Å². The Kier molecular flexibility index (Phi) is 9.04. The lowest BCUT2D eigenvalue weighted by Gasteiger charge is -2.26. The average molecular weight is 648 g/mol. The number of aliphatic hydroxyl groups excluding tert-OH is 4. The third-order valence-electron chi connectivity index (χ3n) is 6.61. The molecule has 0 amide bonds. The highest BCUT2D eigenvalue weighted by Crippen LogP contribution is 2.58. The van der Waals surface area contributed by atoms with Crippen LogP contribution in [0, 0.1) is 0 Å². The summed E-state index contributed by atoms with van der Waals surface area (Å²) in [5.41, 5.74) is 6.33. The van der Waals surface area contributed by atoms with Gasteiger partial charge >= 0.3 is 7.82 Å². The van der Waals surface area contributed by atoms with Gasteiger partial charge in [0.25, 0.3) is 14.1 Å². The van der Waals surface area contributed by atoms with Crippen LogP contribution in [0.3, 0.4) is 0 Å². The highest BCUT2D eigenvalue weighted by Gasteiger charge is 2.49. The molecule has 234 valence electrons. The molecule has 2 saturated heterocycles. The van der Waals surface area contributed by atoms with Crippen LogP contribution < -0.4 is 15.2 Å². The number of nitrogens with zero attached hydrogens (tertiary/aromatic N) is 5. The van der Waals surface area contributed by atoms with Crippen molar-refractivity contribution in [2.45, 2.75) is 49.1 Å². The molecule has 20 nitrogen and oxygen atoms in total. The minimum atomic E-state index is -5.59. The van der Waals surface area contributed by atoms with E-state index in [0.717, 1.165) is 6.33 Å². The molecule has 0 aromatic carbocycles. The molecule has 0 aliphatic carbocycles. The first kappa shape index (κ1) is 31.6. The van der Waals surface area contributed by atoms with E-state index in [4.69, 9.17) is 15.2 Å². The zero-order chi connectivity index (χ0) is 31.1. The Morgan fingerprint density at radius 1 is 1.05 bits per heavy atom. The first-order chi connectivity index (χ1) is 20.3. The first-order valence-electron chi connectivity index (χ1n) is 12.4. The number of carbonyl (C=O) groups is 1. The lowest BCUT2D eigenvalue weighted by atomic mass is 10.1. The molecular weight excluding hydrogens is 622 g/mol. The number of carbonyl (C=O) groups excluding carboxylic acids is 1. The van der Waals surface area contributed by atoms with Crippen LogP contribution >= 0.6 is 15.6 Å². The number of aldehydes is 1. The molecule has 43 heavy (non-hydrogen) atoms. The van der Waals surface area contributed by atoms with Crippen molar-refractivity contribution < 1.29 is 71.5 Å². The molecule has 5 rings (SSSR count). The maximum atomic E-state index is 12.4. The molecule has 22 heteroatoms. The summed E-state index contributed by atoms with van der Waals surface area (Å²) in [7, 11) is -11.0. The number of ether oxygens (including phenoxy) is 2. The summed E-state index contributed by atoms with van der Waals surface area (Å²) in [5.74, 6) is 0.0487. The number of phosphoric ester groups is 2. The van der Waals surface area contributed by atoms with Gasteiger partial charge in [-0.2, -0.15) is 4.57 Å². The van der Waals surface area contributed by atoms with Gasteiger partial charge in [0.05, 0.1) is 25.1 Å². The molecule has 0 saturated carbocycles. The van der Waals surface area contributed by atoms with Crippen molar-refractivity contribution >= 4 is 38.9 Å². The maximum absolute atomic E-state index is 12.4. The number of phosphoric acid groups is 2. The van der Waals surface area contributed by atoms with Gasteiger partial charge in [0.15, 0.2) is 42.5 Å². The molecule has 0 bridgehead atoms. The monoisotopic (exact) mass is 648 g/mol. The molecule has 3 aromatic heterocycles. The fourth-order valence-electron chi connectivity index (χ4n) is 4.51. The maximum Gasteiger partial charge on any atom is 0.478 e. The van der Waals surface area contributed by atoms with Crippen molar-refractivity contribution in [3.05, 3.63) is 42.7 Å². The van der Waals surface area contributed by atoms with Crippen LogP contribution in [0.15, 0.2) is 37.2 Å². The van der Waals surface area contributed by atoms with Gasteiger partial charge in [-0.05, 0) is 6.07 Å². The van der Waals surface area contributed by atoms with Crippen LogP contribution in [0.25, 0.3) is 11.2 Å². The molecule has 0 radical (unpaired) electrons. The Hall–Kier alpha value is -2.81. The summed E-state index contributed by atoms with van der Waals surface area (Å²) in [6.07, 6.45) is -6.17. The van der Waals surface area contributed by atoms with Crippen molar-refractivity contribution in [3.63, 3.8) is 0 Å². The van der Waals surface area contributed by atoms with Gasteiger partial charge < -0.3 is 49.9 Å². The number of nitrogens with two attached hydrogens (primary N) is 1. The number of fused-ring (bicyclic) bond motifs is 1. The third-order valence-corrected chi connectivity index (χ3v) is 9.18. The summed E-state index contributed by atoms with van der Waals surface area (Å²) >= 11 is 0. The smallest absolute Gasteiger partial charge is 0.478 e. The Bertz CT molecular complexity index is 1580. The van der Waals surface area contributed by atoms with Gasteiger partial charge in [-0.25, -0.2) is 23.8 Å². The Morgan fingerprint density at radius 3 is 2.49 bits per heavy atom. The van der Waals surface area contributed by atoms with E-state index in [1.807, 2.05) is 0 Å². The lowest BCUT2D eigenvalue weighted by Crippen LogP contribution is -2.46. The molecule has 10 atom stereocenters. The van der Waals surface area contributed by atoms with Crippen molar-refractivity contribution in [1.82, 2.24) is 19.5 Å². The van der Waals surface area contributed by atoms with Crippen molar-refractivity contribution in [1.29, 1.82) is 0 Å². The molecule has 3 aromatic rings. The zero-order valence-corrected chi connectivity index (χ0v) is 23.5. The molecule has 10 unspecified atom stereocenters. The first-order valence-corrected chi connectivity index (χ1v) is 15.3. The second kappa shape index (κ2) is 12.3. The number of rotatable bonds is 11. The van der Waals surface area contributed by atoms with Crippen molar-refractivity contribution in [3.8, 4) is 0 Å². The number of pyridine rings is 1. The number of anilines is 1. The summed E-state index contributed by atoms with van der Waals surface area (Å²) in [4.78, 5) is 45.1. The van der Waals surface area contributed by atoms with Crippen LogP contribution in [-0.4, -0.2) is 101 Å². The third kappa shape index (κ3) is 6.66. The second-order valence-corrected chi connectivity index (χ2v) is 12.5. The molecular formula is C21H26N6O14P2. The van der Waals surface area contributed by atoms with E-state index in [9.17, 15) is 44.1 Å². The normalized spacial score (nSPS) is 32.0. The van der Waals surface area contributed by atoms with E-state index in [1.54, 1.807) is 0 Å². The van der Waals surface area contributed by atoms with Crippen molar-refractivity contribution in [2.24, 2.45) is 0 Å². The number of imidazole rings is 1. The van der Waals surface area contributed by atoms with E-state index in [0.29, 0.717) is 6.29 Å².